The second-order valence-corrected chi connectivity index (χ2v) is 4.58. The smallest absolute Gasteiger partial charge is 0.377 e. The first-order valence-electron chi connectivity index (χ1n) is 5.16. The van der Waals surface area contributed by atoms with Crippen LogP contribution in [0.15, 0.2) is 0 Å². The molecule has 4 atom stereocenters. The summed E-state index contributed by atoms with van der Waals surface area (Å²) < 4.78 is 29.8. The summed E-state index contributed by atoms with van der Waals surface area (Å²) in [4.78, 5) is 11.0. The molecule has 0 spiro atoms. The highest BCUT2D eigenvalue weighted by molar-refractivity contribution is 5.77. The van der Waals surface area contributed by atoms with E-state index in [9.17, 15) is 18.7 Å². The summed E-state index contributed by atoms with van der Waals surface area (Å²) in [5.41, 5.74) is 0. The summed E-state index contributed by atoms with van der Waals surface area (Å²) in [5, 5.41) is 9.67. The fourth-order valence-corrected chi connectivity index (χ4v) is 2.60. The van der Waals surface area contributed by atoms with E-state index in [2.05, 4.69) is 4.74 Å². The molecule has 0 saturated heterocycles. The summed E-state index contributed by atoms with van der Waals surface area (Å²) in [7, 11) is 0. The van der Waals surface area contributed by atoms with Gasteiger partial charge in [0.25, 0.3) is 0 Å². The molecule has 0 radical (unpaired) electrons. The molecule has 0 amide bonds. The van der Waals surface area contributed by atoms with Gasteiger partial charge in [-0.1, -0.05) is 0 Å². The average molecular weight is 220 g/mol. The number of aliphatic hydroxyl groups excluding tert-OH is 1. The van der Waals surface area contributed by atoms with Crippen LogP contribution in [0.4, 0.5) is 8.78 Å². The van der Waals surface area contributed by atoms with Crippen LogP contribution in [0.25, 0.3) is 0 Å². The van der Waals surface area contributed by atoms with Crippen LogP contribution in [0, 0.1) is 11.8 Å². The molecule has 0 heterocycles. The fourth-order valence-electron chi connectivity index (χ4n) is 2.60. The molecule has 4 unspecified atom stereocenters. The monoisotopic (exact) mass is 220 g/mol. The van der Waals surface area contributed by atoms with Crippen molar-refractivity contribution in [1.29, 1.82) is 0 Å². The molecule has 1 N–H and O–H groups in total. The van der Waals surface area contributed by atoms with Crippen molar-refractivity contribution >= 4 is 5.97 Å². The minimum absolute atomic E-state index is 0.0660. The first-order valence-corrected chi connectivity index (χ1v) is 5.16. The summed E-state index contributed by atoms with van der Waals surface area (Å²) >= 11 is 0. The second kappa shape index (κ2) is 3.40. The van der Waals surface area contributed by atoms with E-state index in [1.165, 1.54) is 0 Å². The molecule has 2 fully saturated rings. The highest BCUT2D eigenvalue weighted by Gasteiger charge is 2.50. The Morgan fingerprint density at radius 3 is 2.47 bits per heavy atom. The van der Waals surface area contributed by atoms with Gasteiger partial charge in [-0.3, -0.25) is 0 Å². The number of hydrogen-bond donors (Lipinski definition) is 1. The summed E-state index contributed by atoms with van der Waals surface area (Å²) in [6.45, 7) is 0.509. The first kappa shape index (κ1) is 10.8. The number of aliphatic hydroxyl groups is 1. The molecule has 0 aromatic rings. The highest BCUT2D eigenvalue weighted by Crippen LogP contribution is 2.46. The maximum atomic E-state index is 12.6. The van der Waals surface area contributed by atoms with Crippen molar-refractivity contribution < 1.29 is 23.4 Å². The van der Waals surface area contributed by atoms with Crippen LogP contribution < -0.4 is 0 Å². The van der Waals surface area contributed by atoms with E-state index in [4.69, 9.17) is 0 Å². The predicted molar refractivity (Wildman–Crippen MR) is 47.3 cm³/mol. The van der Waals surface area contributed by atoms with Gasteiger partial charge in [0.15, 0.2) is 0 Å². The molecule has 2 bridgehead atoms. The van der Waals surface area contributed by atoms with Gasteiger partial charge in [-0.2, -0.15) is 8.78 Å². The normalized spacial score (nSPS) is 39.5. The largest absolute Gasteiger partial charge is 0.455 e. The van der Waals surface area contributed by atoms with Gasteiger partial charge in [0.1, 0.15) is 6.10 Å². The van der Waals surface area contributed by atoms with Crippen LogP contribution >= 0.6 is 0 Å². The third-order valence-corrected chi connectivity index (χ3v) is 3.40. The Morgan fingerprint density at radius 2 is 2.00 bits per heavy atom. The van der Waals surface area contributed by atoms with Gasteiger partial charge in [-0.05, 0) is 31.1 Å². The van der Waals surface area contributed by atoms with E-state index in [1.807, 2.05) is 0 Å². The van der Waals surface area contributed by atoms with Crippen molar-refractivity contribution in [3.63, 3.8) is 0 Å². The minimum Gasteiger partial charge on any atom is -0.455 e. The van der Waals surface area contributed by atoms with E-state index in [-0.39, 0.29) is 11.8 Å². The third kappa shape index (κ3) is 1.85. The summed E-state index contributed by atoms with van der Waals surface area (Å²) in [6.07, 6.45) is 1.07. The Balaban J connectivity index is 1.99. The number of halogens is 2. The number of carbonyl (C=O) groups is 1. The number of alkyl halides is 2. The Bertz CT molecular complexity index is 272. The molecule has 3 nitrogen and oxygen atoms in total. The van der Waals surface area contributed by atoms with Crippen molar-refractivity contribution in [2.75, 3.05) is 0 Å². The third-order valence-electron chi connectivity index (χ3n) is 3.40. The van der Waals surface area contributed by atoms with Gasteiger partial charge in [0.2, 0.25) is 0 Å². The van der Waals surface area contributed by atoms with Crippen LogP contribution in [-0.2, 0) is 9.53 Å². The van der Waals surface area contributed by atoms with Crippen molar-refractivity contribution in [3.05, 3.63) is 0 Å². The van der Waals surface area contributed by atoms with Gasteiger partial charge in [0, 0.05) is 6.92 Å². The lowest BCUT2D eigenvalue weighted by atomic mass is 9.95. The molecule has 2 aliphatic carbocycles. The zero-order valence-corrected chi connectivity index (χ0v) is 8.45. The standard InChI is InChI=1S/C10H14F2O3/c1-10(11,12)9(14)15-8-6-3-2-5(4-6)7(8)13/h5-8,13H,2-4H2,1H3. The molecule has 2 saturated carbocycles. The molecule has 86 valence electrons. The molecule has 0 aromatic carbocycles. The minimum atomic E-state index is -3.47. The highest BCUT2D eigenvalue weighted by atomic mass is 19.3. The second-order valence-electron chi connectivity index (χ2n) is 4.58. The SMILES string of the molecule is CC(F)(F)C(=O)OC1C2CCC(C2)C1O. The summed E-state index contributed by atoms with van der Waals surface area (Å²) in [6, 6.07) is 0. The van der Waals surface area contributed by atoms with E-state index in [0.29, 0.717) is 6.92 Å². The van der Waals surface area contributed by atoms with Crippen LogP contribution in [-0.4, -0.2) is 29.2 Å². The number of rotatable bonds is 2. The van der Waals surface area contributed by atoms with Gasteiger partial charge >= 0.3 is 11.9 Å². The maximum Gasteiger partial charge on any atom is 0.377 e. The van der Waals surface area contributed by atoms with Crippen LogP contribution in [0.5, 0.6) is 0 Å². The number of hydrogen-bond acceptors (Lipinski definition) is 3. The lowest BCUT2D eigenvalue weighted by Gasteiger charge is -2.27. The summed E-state index contributed by atoms with van der Waals surface area (Å²) in [5.74, 6) is -4.81. The zero-order chi connectivity index (χ0) is 11.2. The average Bonchev–Trinajstić information content (AvgIpc) is 2.67. The van der Waals surface area contributed by atoms with Crippen molar-refractivity contribution in [3.8, 4) is 0 Å². The molecule has 0 aromatic heterocycles. The number of carbonyl (C=O) groups excluding carboxylic acids is 1. The topological polar surface area (TPSA) is 46.5 Å². The molecule has 15 heavy (non-hydrogen) atoms. The molecular weight excluding hydrogens is 206 g/mol. The Labute approximate surface area is 86.4 Å². The molecular formula is C10H14F2O3. The lowest BCUT2D eigenvalue weighted by Crippen LogP contribution is -2.40. The van der Waals surface area contributed by atoms with Gasteiger partial charge in [-0.15, -0.1) is 0 Å². The molecule has 0 aliphatic heterocycles. The van der Waals surface area contributed by atoms with Gasteiger partial charge in [-0.25, -0.2) is 4.79 Å². The van der Waals surface area contributed by atoms with Crippen LogP contribution in [0.1, 0.15) is 26.2 Å². The van der Waals surface area contributed by atoms with Crippen molar-refractivity contribution in [1.82, 2.24) is 0 Å². The van der Waals surface area contributed by atoms with Gasteiger partial charge in [0.05, 0.1) is 6.10 Å². The van der Waals surface area contributed by atoms with Crippen LogP contribution in [0.3, 0.4) is 0 Å². The lowest BCUT2D eigenvalue weighted by molar-refractivity contribution is -0.183. The van der Waals surface area contributed by atoms with E-state index < -0.39 is 24.1 Å². The predicted octanol–water partition coefficient (Wildman–Crippen LogP) is 1.34. The van der Waals surface area contributed by atoms with Crippen molar-refractivity contribution in [2.24, 2.45) is 11.8 Å². The van der Waals surface area contributed by atoms with E-state index in [1.54, 1.807) is 0 Å². The number of fused-ring (bicyclic) bond motifs is 2. The molecule has 5 heteroatoms. The van der Waals surface area contributed by atoms with Gasteiger partial charge < -0.3 is 9.84 Å². The van der Waals surface area contributed by atoms with E-state index >= 15 is 0 Å². The number of ether oxygens (including phenoxy) is 1. The molecule has 2 rings (SSSR count). The first-order chi connectivity index (χ1) is 6.89. The van der Waals surface area contributed by atoms with E-state index in [0.717, 1.165) is 19.3 Å². The fraction of sp³-hybridized carbons (Fsp3) is 0.900. The Hall–Kier alpha value is -0.710. The Morgan fingerprint density at radius 1 is 1.40 bits per heavy atom. The molecule has 2 aliphatic rings. The quantitative estimate of drug-likeness (QED) is 0.714. The number of esters is 1. The Kier molecular flexibility index (Phi) is 2.45. The maximum absolute atomic E-state index is 12.6. The van der Waals surface area contributed by atoms with Crippen LogP contribution in [0.2, 0.25) is 0 Å². The van der Waals surface area contributed by atoms with Crippen molar-refractivity contribution in [2.45, 2.75) is 44.3 Å². The zero-order valence-electron chi connectivity index (χ0n) is 8.45.